The van der Waals surface area contributed by atoms with Gasteiger partial charge in [-0.25, -0.2) is 89.8 Å². The molecule has 17 heterocycles. The van der Waals surface area contributed by atoms with Crippen molar-refractivity contribution in [2.45, 2.75) is 0 Å². The van der Waals surface area contributed by atoms with Crippen molar-refractivity contribution in [1.29, 1.82) is 0 Å². The highest BCUT2D eigenvalue weighted by atomic mass is 15.2. The van der Waals surface area contributed by atoms with Crippen molar-refractivity contribution < 1.29 is 28.2 Å². The van der Waals surface area contributed by atoms with Gasteiger partial charge in [0, 0.05) is 99.3 Å². The van der Waals surface area contributed by atoms with Crippen LogP contribution in [0.25, 0.3) is 79.7 Å². The van der Waals surface area contributed by atoms with E-state index in [0.717, 1.165) is 34.2 Å². The predicted molar refractivity (Wildman–Crippen MR) is 349 cm³/mol. The average molecular weight is 1230 g/mol. The summed E-state index contributed by atoms with van der Waals surface area (Å²) in [5, 5.41) is 1.12. The number of rotatable bonds is 6. The largest absolute Gasteiger partial charge is 0.349 e. The van der Waals surface area contributed by atoms with Crippen LogP contribution in [0.4, 0.5) is 0 Å². The Labute approximate surface area is 535 Å². The Bertz CT molecular complexity index is 5580. The summed E-state index contributed by atoms with van der Waals surface area (Å²) >= 11 is 0. The summed E-state index contributed by atoms with van der Waals surface area (Å²) < 4.78 is 8.01. The first-order valence-corrected chi connectivity index (χ1v) is 30.1. The molecule has 0 aromatic carbocycles. The summed E-state index contributed by atoms with van der Waals surface area (Å²) in [7, 11) is 11.8. The number of hydrogen-bond acceptors (Lipinski definition) is 18. The van der Waals surface area contributed by atoms with Gasteiger partial charge >= 0.3 is 0 Å². The number of aliphatic imine (C=N–C) groups is 8. The molecule has 0 saturated carbocycles. The lowest BCUT2D eigenvalue weighted by Crippen LogP contribution is -2.42. The second-order valence-electron chi connectivity index (χ2n) is 22.7. The van der Waals surface area contributed by atoms with Crippen molar-refractivity contribution in [3.05, 3.63) is 251 Å². The fourth-order valence-electron chi connectivity index (χ4n) is 12.0. The molecular weight excluding hydrogens is 1180 g/mol. The smallest absolute Gasteiger partial charge is 0.233 e. The van der Waals surface area contributed by atoms with E-state index in [4.69, 9.17) is 79.8 Å². The highest BCUT2D eigenvalue weighted by molar-refractivity contribution is 6.34. The number of fused-ring (bicyclic) bond motifs is 16. The topological polar surface area (TPSA) is 252 Å². The minimum absolute atomic E-state index is 0.127. The first kappa shape index (κ1) is 55.0. The highest BCUT2D eigenvalue weighted by Gasteiger charge is 2.40. The number of allylic oxidation sites excluding steroid dienone is 4. The molecular formula is C70H52N24+6. The molecule has 0 saturated heterocycles. The van der Waals surface area contributed by atoms with Gasteiger partial charge in [-0.3, -0.25) is 0 Å². The Morgan fingerprint density at radius 3 is 0.809 bits per heavy atom. The second-order valence-corrected chi connectivity index (χ2v) is 22.7. The van der Waals surface area contributed by atoms with Crippen molar-refractivity contribution in [2.75, 3.05) is 14.1 Å². The fraction of sp³-hybridized carbons (Fsp3) is 0.0857. The molecule has 8 bridgehead atoms. The summed E-state index contributed by atoms with van der Waals surface area (Å²) in [4.78, 5) is 97.9. The van der Waals surface area contributed by atoms with Crippen LogP contribution in [0.1, 0.15) is 45.6 Å². The van der Waals surface area contributed by atoms with E-state index < -0.39 is 0 Å². The number of aryl methyl sites for hydroxylation is 4. The molecule has 0 fully saturated rings. The molecule has 0 amide bonds. The Hall–Kier alpha value is -13.1. The van der Waals surface area contributed by atoms with Gasteiger partial charge in [-0.1, -0.05) is 12.2 Å². The van der Waals surface area contributed by atoms with Gasteiger partial charge < -0.3 is 9.80 Å². The van der Waals surface area contributed by atoms with Crippen LogP contribution < -0.4 is 38.9 Å². The lowest BCUT2D eigenvalue weighted by Gasteiger charge is -2.20. The van der Waals surface area contributed by atoms with E-state index in [-0.39, 0.29) is 46.7 Å². The Balaban J connectivity index is 1.00. The molecule has 17 rings (SSSR count). The lowest BCUT2D eigenvalue weighted by atomic mass is 10.1. The Kier molecular flexibility index (Phi) is 12.8. The number of aromatic amines is 2. The lowest BCUT2D eigenvalue weighted by molar-refractivity contribution is -0.662. The summed E-state index contributed by atoms with van der Waals surface area (Å²) in [6.45, 7) is 0. The summed E-state index contributed by atoms with van der Waals surface area (Å²) in [6, 6.07) is 35.3. The SMILES string of the molecule is CN1C=CC=CC1=c1nc2c(nc1=C1C=CC=CN1C)C1=NC2=NC2=NC(=NC3=NC(=NC4=NC(=N1)c1nc(-c5cccc[nH+]5)c(-c5cccc[nH+]5)nc14)c1nc(-c4cccc[n+]4C)c(-c4cccc[n+]4C)nc13)c1nc(-c3cccc[n+]3C)c(-c3cccc[n+]3C)nc12. The van der Waals surface area contributed by atoms with Gasteiger partial charge in [-0.05, 0) is 60.7 Å². The van der Waals surface area contributed by atoms with Gasteiger partial charge in [0.05, 0.1) is 11.4 Å². The maximum absolute atomic E-state index is 5.55. The molecule has 7 aliphatic rings. The van der Waals surface area contributed by atoms with E-state index in [9.17, 15) is 0 Å². The zero-order chi connectivity index (χ0) is 63.3. The Morgan fingerprint density at radius 2 is 0.553 bits per heavy atom. The molecule has 10 aromatic heterocycles. The van der Waals surface area contributed by atoms with Gasteiger partial charge in [0.1, 0.15) is 84.4 Å². The monoisotopic (exact) mass is 1230 g/mol. The number of amidine groups is 8. The van der Waals surface area contributed by atoms with Crippen molar-refractivity contribution >= 4 is 58.1 Å². The molecule has 0 atom stereocenters. The average Bonchev–Trinajstić information content (AvgIpc) is 1.58. The molecule has 0 aliphatic carbocycles. The third-order valence-electron chi connectivity index (χ3n) is 16.7. The van der Waals surface area contributed by atoms with Crippen LogP contribution in [0.15, 0.2) is 235 Å². The van der Waals surface area contributed by atoms with Crippen molar-refractivity contribution in [1.82, 2.24) is 49.7 Å². The van der Waals surface area contributed by atoms with Crippen molar-refractivity contribution in [2.24, 2.45) is 68.1 Å². The van der Waals surface area contributed by atoms with E-state index in [1.807, 2.05) is 266 Å². The van der Waals surface area contributed by atoms with Gasteiger partial charge in [-0.15, -0.1) is 0 Å². The van der Waals surface area contributed by atoms with E-state index in [2.05, 4.69) is 9.97 Å². The maximum Gasteiger partial charge on any atom is 0.233 e. The molecule has 94 heavy (non-hydrogen) atoms. The van der Waals surface area contributed by atoms with Crippen LogP contribution in [0.2, 0.25) is 0 Å². The number of hydrogen-bond donors (Lipinski definition) is 0. The van der Waals surface area contributed by atoms with Crippen LogP contribution in [0, 0.1) is 0 Å². The molecule has 24 nitrogen and oxygen atoms in total. The second kappa shape index (κ2) is 21.8. The molecule has 10 aromatic rings. The van der Waals surface area contributed by atoms with Gasteiger partial charge in [0.25, 0.3) is 0 Å². The zero-order valence-electron chi connectivity index (χ0n) is 51.3. The van der Waals surface area contributed by atoms with Crippen LogP contribution in [0.3, 0.4) is 0 Å². The van der Waals surface area contributed by atoms with E-state index >= 15 is 0 Å². The number of likely N-dealkylation sites (N-methyl/N-ethyl adjacent to an activating group) is 2. The number of pyridine rings is 6. The molecule has 0 unspecified atom stereocenters. The quantitative estimate of drug-likeness (QED) is 0.220. The molecule has 7 aliphatic heterocycles. The third-order valence-corrected chi connectivity index (χ3v) is 16.7. The number of nitrogens with one attached hydrogen (secondary N) is 2. The van der Waals surface area contributed by atoms with Crippen LogP contribution in [-0.4, -0.2) is 110 Å². The Morgan fingerprint density at radius 1 is 0.287 bits per heavy atom. The minimum atomic E-state index is 0.127. The van der Waals surface area contributed by atoms with Gasteiger partial charge in [0.2, 0.25) is 34.2 Å². The number of nitrogens with zero attached hydrogens (tertiary/aromatic N) is 22. The summed E-state index contributed by atoms with van der Waals surface area (Å²) in [5.41, 5.74) is 11.8. The van der Waals surface area contributed by atoms with Gasteiger partial charge in [0.15, 0.2) is 118 Å². The predicted octanol–water partition coefficient (Wildman–Crippen LogP) is 3.16. The number of H-pyrrole nitrogens is 2. The number of aromatic nitrogens is 14. The minimum Gasteiger partial charge on any atom is -0.349 e. The fourth-order valence-corrected chi connectivity index (χ4v) is 12.0. The first-order valence-electron chi connectivity index (χ1n) is 30.1. The summed E-state index contributed by atoms with van der Waals surface area (Å²) in [6.07, 6.45) is 27.4. The molecule has 446 valence electrons. The summed E-state index contributed by atoms with van der Waals surface area (Å²) in [5.74, 6) is 1.06. The standard InChI is InChI=1S/C70H50N24/c1-89-33-17-9-25-41(89)49-51(43-27-11-19-35-91(43)3)77-59-57(75-49)65-82-63-55-56(74-48(40-24-8-16-32-72-40)47(73-55)39-23-7-15-31-71-39)64(81-63)83-66-58-60(78-52(44-28-12-20-36-92(44)4)50(76-58)42-26-10-18-34-90(42)2)68(85-66)87-70-62-61(69(88-70)86-67(59)84-65)79-53(45-29-13-21-37-93(45)5)54(80-62)46-30-14-22-38-94(46)6/h7-38H,1-6H3/q+4/p+2. The van der Waals surface area contributed by atoms with Crippen molar-refractivity contribution in [3.63, 3.8) is 0 Å². The molecule has 0 spiro atoms. The first-order chi connectivity index (χ1) is 46.1. The molecule has 2 N–H and O–H groups in total. The zero-order valence-corrected chi connectivity index (χ0v) is 51.3. The van der Waals surface area contributed by atoms with E-state index in [1.54, 1.807) is 0 Å². The maximum atomic E-state index is 5.55. The van der Waals surface area contributed by atoms with E-state index in [0.29, 0.717) is 102 Å². The van der Waals surface area contributed by atoms with Crippen LogP contribution in [0.5, 0.6) is 0 Å². The van der Waals surface area contributed by atoms with Crippen LogP contribution in [-0.2, 0) is 28.2 Å². The van der Waals surface area contributed by atoms with Crippen LogP contribution >= 0.6 is 0 Å². The highest BCUT2D eigenvalue weighted by Crippen LogP contribution is 2.35. The normalized spacial score (nSPS) is 16.5. The van der Waals surface area contributed by atoms with E-state index in [1.165, 1.54) is 0 Å². The molecule has 24 heteroatoms. The molecule has 0 radical (unpaired) electrons. The van der Waals surface area contributed by atoms with Gasteiger partial charge in [-0.2, -0.15) is 18.3 Å². The van der Waals surface area contributed by atoms with Crippen molar-refractivity contribution in [3.8, 4) is 68.3 Å². The third kappa shape index (κ3) is 9.13.